The third kappa shape index (κ3) is 4.78. The summed E-state index contributed by atoms with van der Waals surface area (Å²) >= 11 is 0. The molecule has 4 amide bonds. The van der Waals surface area contributed by atoms with Gasteiger partial charge in [0.2, 0.25) is 10.0 Å². The lowest BCUT2D eigenvalue weighted by Gasteiger charge is -2.33. The molecule has 2 saturated heterocycles. The molecule has 2 aliphatic heterocycles. The Hall–Kier alpha value is -2.99. The summed E-state index contributed by atoms with van der Waals surface area (Å²) in [5.41, 5.74) is -0.925. The average Bonchev–Trinajstić information content (AvgIpc) is 3.07. The number of nitrogens with zero attached hydrogens (tertiary/aromatic N) is 3. The number of nitrogens with one attached hydrogen (secondary N) is 1. The van der Waals surface area contributed by atoms with Crippen molar-refractivity contribution < 1.29 is 32.3 Å². The van der Waals surface area contributed by atoms with E-state index in [-0.39, 0.29) is 31.1 Å². The van der Waals surface area contributed by atoms with Crippen LogP contribution in [0.2, 0.25) is 0 Å². The second-order valence-electron chi connectivity index (χ2n) is 8.72. The number of sulfonamides is 1. The number of hydrogen-bond donors (Lipinski definition) is 1. The monoisotopic (exact) mass is 492 g/mol. The van der Waals surface area contributed by atoms with Gasteiger partial charge in [-0.1, -0.05) is 37.5 Å². The lowest BCUT2D eigenvalue weighted by Crippen LogP contribution is -2.51. The molecule has 0 bridgehead atoms. The van der Waals surface area contributed by atoms with Crippen LogP contribution in [0.5, 0.6) is 0 Å². The minimum absolute atomic E-state index is 0.126. The van der Waals surface area contributed by atoms with E-state index in [1.54, 1.807) is 18.2 Å². The summed E-state index contributed by atoms with van der Waals surface area (Å²) in [7, 11) is -3.64. The Morgan fingerprint density at radius 2 is 1.62 bits per heavy atom. The van der Waals surface area contributed by atoms with Crippen molar-refractivity contribution in [3.05, 3.63) is 30.3 Å². The third-order valence-corrected chi connectivity index (χ3v) is 8.48. The van der Waals surface area contributed by atoms with Gasteiger partial charge in [-0.2, -0.15) is 4.31 Å². The summed E-state index contributed by atoms with van der Waals surface area (Å²) in [5.74, 6) is -1.74. The molecule has 1 N–H and O–H groups in total. The molecule has 1 saturated carbocycles. The van der Waals surface area contributed by atoms with Gasteiger partial charge in [0, 0.05) is 26.2 Å². The van der Waals surface area contributed by atoms with Crippen LogP contribution in [0, 0.1) is 0 Å². The van der Waals surface area contributed by atoms with E-state index < -0.39 is 52.5 Å². The van der Waals surface area contributed by atoms with Gasteiger partial charge in [-0.25, -0.2) is 13.2 Å². The Labute approximate surface area is 198 Å². The van der Waals surface area contributed by atoms with E-state index in [0.717, 1.165) is 24.2 Å². The Morgan fingerprint density at radius 3 is 2.26 bits per heavy atom. The smallest absolute Gasteiger partial charge is 0.326 e. The summed E-state index contributed by atoms with van der Waals surface area (Å²) in [6.45, 7) is -0.513. The average molecular weight is 493 g/mol. The highest BCUT2D eigenvalue weighted by atomic mass is 32.2. The molecule has 0 unspecified atom stereocenters. The molecule has 1 aromatic rings. The van der Waals surface area contributed by atoms with Crippen LogP contribution < -0.4 is 5.32 Å². The predicted octanol–water partition coefficient (Wildman–Crippen LogP) is 0.317. The number of carbonyl (C=O) groups excluding carboxylic acids is 4. The first-order chi connectivity index (χ1) is 16.2. The van der Waals surface area contributed by atoms with Crippen LogP contribution in [0.15, 0.2) is 35.2 Å². The van der Waals surface area contributed by atoms with Crippen molar-refractivity contribution in [3.63, 3.8) is 0 Å². The molecule has 34 heavy (non-hydrogen) atoms. The largest absolute Gasteiger partial charge is 0.454 e. The van der Waals surface area contributed by atoms with E-state index in [1.807, 2.05) is 0 Å². The highest BCUT2D eigenvalue weighted by Gasteiger charge is 2.51. The van der Waals surface area contributed by atoms with Gasteiger partial charge in [0.1, 0.15) is 12.1 Å². The molecule has 0 aromatic heterocycles. The van der Waals surface area contributed by atoms with E-state index >= 15 is 0 Å². The second-order valence-corrected chi connectivity index (χ2v) is 10.7. The Balaban J connectivity index is 1.24. The number of benzene rings is 1. The number of imide groups is 1. The normalized spacial score (nSPS) is 20.9. The summed E-state index contributed by atoms with van der Waals surface area (Å²) in [5, 5.41) is 2.72. The standard InChI is InChI=1S/C22H28N4O7S/c27-18(24-11-13-25(14-12-24)34(31,32)17-7-3-1-4-8-17)16-33-19(28)15-26-20(29)22(23-21(26)30)9-5-2-6-10-22/h1,3-4,7-8H,2,5-6,9-16H2,(H,23,30). The van der Waals surface area contributed by atoms with E-state index in [0.29, 0.717) is 12.8 Å². The summed E-state index contributed by atoms with van der Waals surface area (Å²) < 4.78 is 31.7. The Bertz CT molecular complexity index is 1060. The quantitative estimate of drug-likeness (QED) is 0.446. The van der Waals surface area contributed by atoms with Gasteiger partial charge >= 0.3 is 12.0 Å². The zero-order valence-electron chi connectivity index (χ0n) is 18.8. The fourth-order valence-corrected chi connectivity index (χ4v) is 6.08. The van der Waals surface area contributed by atoms with E-state index in [9.17, 15) is 27.6 Å². The fourth-order valence-electron chi connectivity index (χ4n) is 4.64. The van der Waals surface area contributed by atoms with Gasteiger partial charge in [-0.15, -0.1) is 0 Å². The van der Waals surface area contributed by atoms with Crippen molar-refractivity contribution in [2.45, 2.75) is 42.5 Å². The number of amides is 4. The minimum atomic E-state index is -3.64. The molecular weight excluding hydrogens is 464 g/mol. The van der Waals surface area contributed by atoms with Gasteiger partial charge in [-0.3, -0.25) is 19.3 Å². The van der Waals surface area contributed by atoms with Gasteiger partial charge in [-0.05, 0) is 25.0 Å². The van der Waals surface area contributed by atoms with Crippen molar-refractivity contribution in [3.8, 4) is 0 Å². The fraction of sp³-hybridized carbons (Fsp3) is 0.545. The van der Waals surface area contributed by atoms with Gasteiger partial charge in [0.25, 0.3) is 11.8 Å². The zero-order valence-corrected chi connectivity index (χ0v) is 19.6. The molecule has 1 spiro atoms. The second kappa shape index (κ2) is 9.71. The van der Waals surface area contributed by atoms with E-state index in [4.69, 9.17) is 4.74 Å². The molecule has 2 heterocycles. The number of ether oxygens (including phenoxy) is 1. The van der Waals surface area contributed by atoms with Crippen LogP contribution in [0.1, 0.15) is 32.1 Å². The molecular formula is C22H28N4O7S. The van der Waals surface area contributed by atoms with Crippen LogP contribution in [0.4, 0.5) is 4.79 Å². The number of esters is 1. The molecule has 1 aliphatic carbocycles. The molecule has 184 valence electrons. The SMILES string of the molecule is O=C(CN1C(=O)NC2(CCCCC2)C1=O)OCC(=O)N1CCN(S(=O)(=O)c2ccccc2)CC1. The van der Waals surface area contributed by atoms with Crippen molar-refractivity contribution in [2.75, 3.05) is 39.3 Å². The molecule has 3 fully saturated rings. The Kier molecular flexibility index (Phi) is 6.89. The maximum Gasteiger partial charge on any atom is 0.326 e. The topological polar surface area (TPSA) is 133 Å². The van der Waals surface area contributed by atoms with E-state index in [1.165, 1.54) is 21.3 Å². The summed E-state index contributed by atoms with van der Waals surface area (Å²) in [6, 6.07) is 7.45. The molecule has 1 aromatic carbocycles. The van der Waals surface area contributed by atoms with E-state index in [2.05, 4.69) is 5.32 Å². The number of piperazine rings is 1. The molecule has 3 aliphatic rings. The van der Waals surface area contributed by atoms with Crippen LogP contribution in [0.3, 0.4) is 0 Å². The molecule has 12 heteroatoms. The van der Waals surface area contributed by atoms with Crippen molar-refractivity contribution in [1.82, 2.24) is 19.4 Å². The van der Waals surface area contributed by atoms with Crippen LogP contribution in [-0.4, -0.2) is 91.2 Å². The van der Waals surface area contributed by atoms with Crippen LogP contribution >= 0.6 is 0 Å². The van der Waals surface area contributed by atoms with Gasteiger partial charge in [0.05, 0.1) is 4.90 Å². The summed E-state index contributed by atoms with van der Waals surface area (Å²) in [4.78, 5) is 52.1. The summed E-state index contributed by atoms with van der Waals surface area (Å²) in [6.07, 6.45) is 3.76. The number of urea groups is 1. The number of hydrogen-bond acceptors (Lipinski definition) is 7. The van der Waals surface area contributed by atoms with Crippen molar-refractivity contribution >= 4 is 33.8 Å². The van der Waals surface area contributed by atoms with Crippen molar-refractivity contribution in [1.29, 1.82) is 0 Å². The van der Waals surface area contributed by atoms with Gasteiger partial charge in [0.15, 0.2) is 6.61 Å². The lowest BCUT2D eigenvalue weighted by molar-refractivity contribution is -0.154. The highest BCUT2D eigenvalue weighted by molar-refractivity contribution is 7.89. The number of carbonyl (C=O) groups is 4. The maximum atomic E-state index is 12.7. The van der Waals surface area contributed by atoms with Crippen molar-refractivity contribution in [2.24, 2.45) is 0 Å². The van der Waals surface area contributed by atoms with Crippen LogP contribution in [-0.2, 0) is 29.1 Å². The molecule has 0 radical (unpaired) electrons. The lowest BCUT2D eigenvalue weighted by atomic mass is 9.82. The zero-order chi connectivity index (χ0) is 24.3. The van der Waals surface area contributed by atoms with Gasteiger partial charge < -0.3 is 15.0 Å². The Morgan fingerprint density at radius 1 is 0.971 bits per heavy atom. The third-order valence-electron chi connectivity index (χ3n) is 6.57. The molecule has 4 rings (SSSR count). The first-order valence-electron chi connectivity index (χ1n) is 11.4. The molecule has 0 atom stereocenters. The predicted molar refractivity (Wildman–Crippen MR) is 119 cm³/mol. The maximum absolute atomic E-state index is 12.7. The minimum Gasteiger partial charge on any atom is -0.454 e. The highest BCUT2D eigenvalue weighted by Crippen LogP contribution is 2.33. The first kappa shape index (κ1) is 24.1. The molecule has 11 nitrogen and oxygen atoms in total. The first-order valence-corrected chi connectivity index (χ1v) is 12.8. The number of rotatable bonds is 6. The van der Waals surface area contributed by atoms with Crippen LogP contribution in [0.25, 0.3) is 0 Å².